The highest BCUT2D eigenvalue weighted by Crippen LogP contribution is 2.36. The van der Waals surface area contributed by atoms with E-state index in [2.05, 4.69) is 88.4 Å². The van der Waals surface area contributed by atoms with E-state index in [1.54, 1.807) is 0 Å². The summed E-state index contributed by atoms with van der Waals surface area (Å²) in [4.78, 5) is 20.5. The highest BCUT2D eigenvalue weighted by molar-refractivity contribution is 7.99. The number of nitrogens with one attached hydrogen (secondary N) is 1. The van der Waals surface area contributed by atoms with Crippen LogP contribution in [-0.2, 0) is 17.9 Å². The number of thioether (sulfide) groups is 1. The van der Waals surface area contributed by atoms with Crippen LogP contribution >= 0.6 is 11.8 Å². The molecule has 0 radical (unpaired) electrons. The number of hydrogen-bond acceptors (Lipinski definition) is 4. The molecule has 1 saturated heterocycles. The van der Waals surface area contributed by atoms with E-state index in [0.717, 1.165) is 73.1 Å². The minimum Gasteiger partial charge on any atom is -0.353 e. The molecule has 1 aliphatic heterocycles. The average Bonchev–Trinajstić information content (AvgIpc) is 3.33. The molecule has 0 spiro atoms. The van der Waals surface area contributed by atoms with Crippen LogP contribution in [0, 0.1) is 0 Å². The van der Waals surface area contributed by atoms with Crippen molar-refractivity contribution in [3.05, 3.63) is 96.6 Å². The Morgan fingerprint density at radius 3 is 2.13 bits per heavy atom. The SMILES string of the molecule is CCCn1c(SCC(=O)NC2CCN(Cc3ccccc3)CC2)nc(-c2ccccc2)c1-c1ccccc1. The van der Waals surface area contributed by atoms with Crippen LogP contribution < -0.4 is 5.32 Å². The van der Waals surface area contributed by atoms with Gasteiger partial charge in [-0.2, -0.15) is 0 Å². The Hall–Kier alpha value is -3.35. The van der Waals surface area contributed by atoms with Crippen LogP contribution in [0.3, 0.4) is 0 Å². The molecule has 2 heterocycles. The number of nitrogens with zero attached hydrogens (tertiary/aromatic N) is 3. The van der Waals surface area contributed by atoms with Gasteiger partial charge in [0.05, 0.1) is 17.1 Å². The van der Waals surface area contributed by atoms with Crippen LogP contribution in [-0.4, -0.2) is 45.2 Å². The second kappa shape index (κ2) is 12.9. The van der Waals surface area contributed by atoms with Crippen LogP contribution in [0.25, 0.3) is 22.5 Å². The predicted octanol–water partition coefficient (Wildman–Crippen LogP) is 6.50. The molecule has 0 bridgehead atoms. The number of imidazole rings is 1. The van der Waals surface area contributed by atoms with Crippen LogP contribution in [0.5, 0.6) is 0 Å². The van der Waals surface area contributed by atoms with Gasteiger partial charge in [0.15, 0.2) is 5.16 Å². The lowest BCUT2D eigenvalue weighted by Crippen LogP contribution is -2.44. The maximum atomic E-state index is 13.0. The van der Waals surface area contributed by atoms with Gasteiger partial charge in [-0.25, -0.2) is 4.98 Å². The maximum Gasteiger partial charge on any atom is 0.230 e. The standard InChI is InChI=1S/C32H36N4OS/c1-2-20-36-31(27-16-10-5-11-17-27)30(26-14-8-4-9-15-26)34-32(36)38-24-29(37)33-28-18-21-35(22-19-28)23-25-12-6-3-7-13-25/h3-17,28H,2,18-24H2,1H3,(H,33,37). The largest absolute Gasteiger partial charge is 0.353 e. The Morgan fingerprint density at radius 1 is 0.895 bits per heavy atom. The van der Waals surface area contributed by atoms with Crippen molar-refractivity contribution >= 4 is 17.7 Å². The molecule has 0 atom stereocenters. The number of piperidine rings is 1. The van der Waals surface area contributed by atoms with E-state index in [4.69, 9.17) is 4.98 Å². The number of rotatable bonds is 10. The second-order valence-electron chi connectivity index (χ2n) is 9.87. The molecule has 1 amide bonds. The highest BCUT2D eigenvalue weighted by Gasteiger charge is 2.23. The van der Waals surface area contributed by atoms with Crippen molar-refractivity contribution in [1.29, 1.82) is 0 Å². The lowest BCUT2D eigenvalue weighted by atomic mass is 10.0. The molecule has 3 aromatic carbocycles. The topological polar surface area (TPSA) is 50.2 Å². The number of amides is 1. The normalized spacial score (nSPS) is 14.4. The van der Waals surface area contributed by atoms with E-state index in [0.29, 0.717) is 5.75 Å². The molecule has 0 unspecified atom stereocenters. The molecule has 196 valence electrons. The molecule has 0 saturated carbocycles. The molecule has 1 N–H and O–H groups in total. The van der Waals surface area contributed by atoms with Gasteiger partial charge in [-0.05, 0) is 24.8 Å². The van der Waals surface area contributed by atoms with Gasteiger partial charge in [0, 0.05) is 43.3 Å². The van der Waals surface area contributed by atoms with E-state index >= 15 is 0 Å². The Labute approximate surface area is 230 Å². The van der Waals surface area contributed by atoms with E-state index in [-0.39, 0.29) is 11.9 Å². The number of likely N-dealkylation sites (tertiary alicyclic amines) is 1. The zero-order valence-corrected chi connectivity index (χ0v) is 22.9. The molecular weight excluding hydrogens is 488 g/mol. The van der Waals surface area contributed by atoms with Crippen molar-refractivity contribution in [2.24, 2.45) is 0 Å². The number of hydrogen-bond donors (Lipinski definition) is 1. The van der Waals surface area contributed by atoms with E-state index in [1.807, 2.05) is 24.3 Å². The Bertz CT molecular complexity index is 1300. The zero-order valence-electron chi connectivity index (χ0n) is 22.1. The molecular formula is C32H36N4OS. The summed E-state index contributed by atoms with van der Waals surface area (Å²) >= 11 is 1.54. The van der Waals surface area contributed by atoms with Crippen LogP contribution in [0.1, 0.15) is 31.7 Å². The van der Waals surface area contributed by atoms with Gasteiger partial charge in [0.1, 0.15) is 0 Å². The molecule has 4 aromatic rings. The third kappa shape index (κ3) is 6.55. The quantitative estimate of drug-likeness (QED) is 0.241. The molecule has 38 heavy (non-hydrogen) atoms. The molecule has 5 nitrogen and oxygen atoms in total. The van der Waals surface area contributed by atoms with Crippen molar-refractivity contribution in [1.82, 2.24) is 19.8 Å². The van der Waals surface area contributed by atoms with Gasteiger partial charge in [0.25, 0.3) is 0 Å². The fraction of sp³-hybridized carbons (Fsp3) is 0.312. The minimum atomic E-state index is 0.0880. The third-order valence-electron chi connectivity index (χ3n) is 7.01. The van der Waals surface area contributed by atoms with E-state index in [9.17, 15) is 4.79 Å². The highest BCUT2D eigenvalue weighted by atomic mass is 32.2. The first-order valence-electron chi connectivity index (χ1n) is 13.6. The number of benzene rings is 3. The Kier molecular flexibility index (Phi) is 8.94. The van der Waals surface area contributed by atoms with Crippen molar-refractivity contribution in [3.63, 3.8) is 0 Å². The smallest absolute Gasteiger partial charge is 0.230 e. The average molecular weight is 525 g/mol. The third-order valence-corrected chi connectivity index (χ3v) is 7.98. The van der Waals surface area contributed by atoms with E-state index in [1.165, 1.54) is 17.3 Å². The molecule has 1 aromatic heterocycles. The first-order valence-corrected chi connectivity index (χ1v) is 14.6. The second-order valence-corrected chi connectivity index (χ2v) is 10.8. The summed E-state index contributed by atoms with van der Waals surface area (Å²) in [5.41, 5.74) is 5.67. The molecule has 6 heteroatoms. The molecule has 0 aliphatic carbocycles. The zero-order chi connectivity index (χ0) is 26.2. The summed E-state index contributed by atoms with van der Waals surface area (Å²) in [6.45, 7) is 6.03. The van der Waals surface area contributed by atoms with Gasteiger partial charge < -0.3 is 9.88 Å². The van der Waals surface area contributed by atoms with E-state index < -0.39 is 0 Å². The van der Waals surface area contributed by atoms with Crippen LogP contribution in [0.15, 0.2) is 96.2 Å². The first-order chi connectivity index (χ1) is 18.7. The van der Waals surface area contributed by atoms with Crippen molar-refractivity contribution in [2.45, 2.75) is 50.5 Å². The monoisotopic (exact) mass is 524 g/mol. The number of carbonyl (C=O) groups is 1. The number of aromatic nitrogens is 2. The number of carbonyl (C=O) groups excluding carboxylic acids is 1. The van der Waals surface area contributed by atoms with Crippen molar-refractivity contribution in [2.75, 3.05) is 18.8 Å². The van der Waals surface area contributed by atoms with Crippen LogP contribution in [0.2, 0.25) is 0 Å². The Morgan fingerprint density at radius 2 is 1.50 bits per heavy atom. The fourth-order valence-electron chi connectivity index (χ4n) is 5.14. The molecule has 5 rings (SSSR count). The summed E-state index contributed by atoms with van der Waals surface area (Å²) in [7, 11) is 0. The van der Waals surface area contributed by atoms with Gasteiger partial charge in [-0.3, -0.25) is 9.69 Å². The van der Waals surface area contributed by atoms with Crippen molar-refractivity contribution in [3.8, 4) is 22.5 Å². The summed E-state index contributed by atoms with van der Waals surface area (Å²) in [6.07, 6.45) is 2.97. The van der Waals surface area contributed by atoms with Gasteiger partial charge in [-0.15, -0.1) is 0 Å². The van der Waals surface area contributed by atoms with Gasteiger partial charge >= 0.3 is 0 Å². The molecule has 1 aliphatic rings. The summed E-state index contributed by atoms with van der Waals surface area (Å²) < 4.78 is 2.29. The Balaban J connectivity index is 1.25. The predicted molar refractivity (Wildman–Crippen MR) is 157 cm³/mol. The maximum absolute atomic E-state index is 13.0. The molecule has 1 fully saturated rings. The summed E-state index contributed by atoms with van der Waals surface area (Å²) in [5, 5.41) is 4.19. The minimum absolute atomic E-state index is 0.0880. The van der Waals surface area contributed by atoms with Crippen molar-refractivity contribution < 1.29 is 4.79 Å². The lowest BCUT2D eigenvalue weighted by molar-refractivity contribution is -0.119. The van der Waals surface area contributed by atoms with Gasteiger partial charge in [0.2, 0.25) is 5.91 Å². The lowest BCUT2D eigenvalue weighted by Gasteiger charge is -2.32. The summed E-state index contributed by atoms with van der Waals surface area (Å²) in [6, 6.07) is 31.6. The fourth-order valence-corrected chi connectivity index (χ4v) is 5.97. The van der Waals surface area contributed by atoms with Gasteiger partial charge in [-0.1, -0.05) is 110 Å². The summed E-state index contributed by atoms with van der Waals surface area (Å²) in [5.74, 6) is 0.457. The first kappa shape index (κ1) is 26.3. The van der Waals surface area contributed by atoms with Crippen LogP contribution in [0.4, 0.5) is 0 Å².